The predicted octanol–water partition coefficient (Wildman–Crippen LogP) is 2.70. The van der Waals surface area contributed by atoms with E-state index >= 15 is 0 Å². The van der Waals surface area contributed by atoms with Crippen LogP contribution in [0.2, 0.25) is 0 Å². The Morgan fingerprint density at radius 3 is 2.62 bits per heavy atom. The number of nitrogens with zero attached hydrogens (tertiary/aromatic N) is 2. The molecule has 0 spiro atoms. The summed E-state index contributed by atoms with van der Waals surface area (Å²) in [6.07, 6.45) is 0.379. The molecule has 16 heavy (non-hydrogen) atoms. The van der Waals surface area contributed by atoms with Crippen LogP contribution in [0.15, 0.2) is 0 Å². The van der Waals surface area contributed by atoms with Crippen molar-refractivity contribution >= 4 is 11.8 Å². The lowest BCUT2D eigenvalue weighted by molar-refractivity contribution is 0.172. The smallest absolute Gasteiger partial charge is 0.0823 e. The molecule has 3 nitrogen and oxygen atoms in total. The Morgan fingerprint density at radius 1 is 1.38 bits per heavy atom. The summed E-state index contributed by atoms with van der Waals surface area (Å²) in [6, 6.07) is 0. The highest BCUT2D eigenvalue weighted by atomic mass is 32.2. The molecular formula is C12H22N2OS. The third-order valence-electron chi connectivity index (χ3n) is 2.81. The molecule has 0 aliphatic carbocycles. The summed E-state index contributed by atoms with van der Waals surface area (Å²) in [5.74, 6) is 2.23. The van der Waals surface area contributed by atoms with Crippen LogP contribution in [0.1, 0.15) is 43.3 Å². The Bertz CT molecular complexity index is 336. The van der Waals surface area contributed by atoms with Crippen molar-refractivity contribution in [3.8, 4) is 0 Å². The fourth-order valence-electron chi connectivity index (χ4n) is 1.91. The zero-order chi connectivity index (χ0) is 12.1. The van der Waals surface area contributed by atoms with Crippen LogP contribution in [-0.4, -0.2) is 26.4 Å². The summed E-state index contributed by atoms with van der Waals surface area (Å²) in [5.41, 5.74) is 3.10. The number of aryl methyl sites for hydroxylation is 2. The standard InChI is InChI=1S/C12H22N2OS/c1-5-11(15)12-9(3)13-14(10(12)4)7-8-16-6-2/h11,15H,5-8H2,1-4H3. The highest BCUT2D eigenvalue weighted by Gasteiger charge is 2.17. The minimum atomic E-state index is -0.368. The monoisotopic (exact) mass is 242 g/mol. The van der Waals surface area contributed by atoms with E-state index in [0.29, 0.717) is 0 Å². The minimum Gasteiger partial charge on any atom is -0.388 e. The maximum Gasteiger partial charge on any atom is 0.0823 e. The molecule has 0 fully saturated rings. The Balaban J connectivity index is 2.80. The first-order valence-corrected chi connectivity index (χ1v) is 7.06. The van der Waals surface area contributed by atoms with E-state index in [2.05, 4.69) is 12.0 Å². The molecule has 0 radical (unpaired) electrons. The van der Waals surface area contributed by atoms with Crippen LogP contribution in [0, 0.1) is 13.8 Å². The van der Waals surface area contributed by atoms with Gasteiger partial charge in [-0.1, -0.05) is 13.8 Å². The molecule has 0 saturated heterocycles. The van der Waals surface area contributed by atoms with Crippen molar-refractivity contribution in [3.05, 3.63) is 17.0 Å². The molecule has 0 amide bonds. The second-order valence-corrected chi connectivity index (χ2v) is 5.32. The lowest BCUT2D eigenvalue weighted by atomic mass is 10.1. The first kappa shape index (κ1) is 13.6. The normalized spacial score (nSPS) is 13.1. The summed E-state index contributed by atoms with van der Waals surface area (Å²) >= 11 is 1.92. The van der Waals surface area contributed by atoms with Crippen LogP contribution < -0.4 is 0 Å². The molecule has 92 valence electrons. The van der Waals surface area contributed by atoms with Crippen molar-refractivity contribution < 1.29 is 5.11 Å². The molecule has 1 aromatic rings. The molecule has 0 bridgehead atoms. The van der Waals surface area contributed by atoms with Gasteiger partial charge in [-0.3, -0.25) is 4.68 Å². The van der Waals surface area contributed by atoms with Crippen LogP contribution in [-0.2, 0) is 6.54 Å². The van der Waals surface area contributed by atoms with Crippen molar-refractivity contribution in [2.24, 2.45) is 0 Å². The number of aromatic nitrogens is 2. The van der Waals surface area contributed by atoms with E-state index in [1.807, 2.05) is 37.2 Å². The van der Waals surface area contributed by atoms with Gasteiger partial charge in [-0.25, -0.2) is 0 Å². The van der Waals surface area contributed by atoms with Crippen LogP contribution >= 0.6 is 11.8 Å². The maximum atomic E-state index is 9.92. The largest absolute Gasteiger partial charge is 0.388 e. The zero-order valence-electron chi connectivity index (χ0n) is 10.7. The van der Waals surface area contributed by atoms with Crippen molar-refractivity contribution in [3.63, 3.8) is 0 Å². The lowest BCUT2D eigenvalue weighted by Gasteiger charge is -2.09. The Hall–Kier alpha value is -0.480. The molecule has 0 aliphatic rings. The van der Waals surface area contributed by atoms with Gasteiger partial charge in [-0.2, -0.15) is 16.9 Å². The highest BCUT2D eigenvalue weighted by molar-refractivity contribution is 7.99. The highest BCUT2D eigenvalue weighted by Crippen LogP contribution is 2.23. The molecule has 1 unspecified atom stereocenters. The second kappa shape index (κ2) is 6.30. The molecule has 1 aromatic heterocycles. The molecule has 0 aromatic carbocycles. The lowest BCUT2D eigenvalue weighted by Crippen LogP contribution is -2.06. The van der Waals surface area contributed by atoms with Crippen LogP contribution in [0.25, 0.3) is 0 Å². The molecular weight excluding hydrogens is 220 g/mol. The Morgan fingerprint density at radius 2 is 2.06 bits per heavy atom. The van der Waals surface area contributed by atoms with Crippen molar-refractivity contribution in [1.29, 1.82) is 0 Å². The van der Waals surface area contributed by atoms with E-state index in [1.165, 1.54) is 0 Å². The number of hydrogen-bond donors (Lipinski definition) is 1. The number of hydrogen-bond acceptors (Lipinski definition) is 3. The molecule has 1 heterocycles. The number of thioether (sulfide) groups is 1. The van der Waals surface area contributed by atoms with E-state index < -0.39 is 0 Å². The Labute approximate surface area is 102 Å². The minimum absolute atomic E-state index is 0.368. The first-order valence-electron chi connectivity index (χ1n) is 5.91. The van der Waals surface area contributed by atoms with Gasteiger partial charge in [0.05, 0.1) is 18.3 Å². The van der Waals surface area contributed by atoms with Gasteiger partial charge in [-0.15, -0.1) is 0 Å². The molecule has 0 aliphatic heterocycles. The van der Waals surface area contributed by atoms with Gasteiger partial charge in [0.15, 0.2) is 0 Å². The van der Waals surface area contributed by atoms with Gasteiger partial charge in [0.1, 0.15) is 0 Å². The molecule has 0 saturated carbocycles. The van der Waals surface area contributed by atoms with Gasteiger partial charge >= 0.3 is 0 Å². The third-order valence-corrected chi connectivity index (χ3v) is 3.69. The summed E-state index contributed by atoms with van der Waals surface area (Å²) in [7, 11) is 0. The van der Waals surface area contributed by atoms with Gasteiger partial charge in [-0.05, 0) is 26.0 Å². The van der Waals surface area contributed by atoms with E-state index in [4.69, 9.17) is 0 Å². The number of rotatable bonds is 6. The first-order chi connectivity index (χ1) is 7.61. The van der Waals surface area contributed by atoms with E-state index in [-0.39, 0.29) is 6.10 Å². The van der Waals surface area contributed by atoms with E-state index in [9.17, 15) is 5.11 Å². The molecule has 4 heteroatoms. The predicted molar refractivity (Wildman–Crippen MR) is 70.0 cm³/mol. The summed E-state index contributed by atoms with van der Waals surface area (Å²) in [4.78, 5) is 0. The quantitative estimate of drug-likeness (QED) is 0.779. The van der Waals surface area contributed by atoms with Gasteiger partial charge in [0, 0.05) is 17.0 Å². The molecule has 1 rings (SSSR count). The fraction of sp³-hybridized carbons (Fsp3) is 0.750. The molecule has 1 N–H and O–H groups in total. The zero-order valence-corrected chi connectivity index (χ0v) is 11.5. The fourth-order valence-corrected chi connectivity index (χ4v) is 2.50. The third kappa shape index (κ3) is 3.01. The van der Waals surface area contributed by atoms with Crippen LogP contribution in [0.4, 0.5) is 0 Å². The van der Waals surface area contributed by atoms with Crippen molar-refractivity contribution in [2.75, 3.05) is 11.5 Å². The maximum absolute atomic E-state index is 9.92. The van der Waals surface area contributed by atoms with Gasteiger partial charge in [0.2, 0.25) is 0 Å². The Kier molecular flexibility index (Phi) is 5.35. The van der Waals surface area contributed by atoms with E-state index in [1.54, 1.807) is 0 Å². The average Bonchev–Trinajstić information content (AvgIpc) is 2.54. The van der Waals surface area contributed by atoms with Gasteiger partial charge < -0.3 is 5.11 Å². The summed E-state index contributed by atoms with van der Waals surface area (Å²) < 4.78 is 2.02. The van der Waals surface area contributed by atoms with Crippen LogP contribution in [0.5, 0.6) is 0 Å². The number of aliphatic hydroxyl groups excluding tert-OH is 1. The number of aliphatic hydroxyl groups is 1. The topological polar surface area (TPSA) is 38.0 Å². The SMILES string of the molecule is CCSCCn1nc(C)c(C(O)CC)c1C. The van der Waals surface area contributed by atoms with E-state index in [0.717, 1.165) is 41.4 Å². The van der Waals surface area contributed by atoms with Crippen LogP contribution in [0.3, 0.4) is 0 Å². The average molecular weight is 242 g/mol. The van der Waals surface area contributed by atoms with Crippen molar-refractivity contribution in [1.82, 2.24) is 9.78 Å². The van der Waals surface area contributed by atoms with Gasteiger partial charge in [0.25, 0.3) is 0 Å². The summed E-state index contributed by atoms with van der Waals surface area (Å²) in [5, 5.41) is 14.4. The molecule has 1 atom stereocenters. The second-order valence-electron chi connectivity index (χ2n) is 3.93. The summed E-state index contributed by atoms with van der Waals surface area (Å²) in [6.45, 7) is 9.11. The van der Waals surface area contributed by atoms with Crippen molar-refractivity contribution in [2.45, 2.75) is 46.8 Å².